The minimum Gasteiger partial charge on any atom is -0.383 e. The van der Waals surface area contributed by atoms with Gasteiger partial charge in [0, 0.05) is 26.6 Å². The van der Waals surface area contributed by atoms with E-state index in [9.17, 15) is 4.79 Å². The van der Waals surface area contributed by atoms with E-state index < -0.39 is 0 Å². The number of ether oxygens (including phenoxy) is 1. The molecule has 1 amide bonds. The Morgan fingerprint density at radius 2 is 2.16 bits per heavy atom. The van der Waals surface area contributed by atoms with E-state index in [-0.39, 0.29) is 16.7 Å². The van der Waals surface area contributed by atoms with Gasteiger partial charge in [0.1, 0.15) is 0 Å². The number of hydrogen-bond donors (Lipinski definition) is 0. The number of carbonyl (C=O) groups is 1. The average molecular weight is 326 g/mol. The molecule has 0 spiro atoms. The number of nitrogens with zero attached hydrogens (tertiary/aromatic N) is 1. The van der Waals surface area contributed by atoms with Crippen LogP contribution in [0.1, 0.15) is 17.9 Å². The summed E-state index contributed by atoms with van der Waals surface area (Å²) in [7, 11) is 3.54. The first-order valence-electron chi connectivity index (χ1n) is 6.56. The molecule has 1 fully saturated rings. The molecule has 0 radical (unpaired) electrons. The van der Waals surface area contributed by atoms with Crippen LogP contribution in [0.2, 0.25) is 0 Å². The summed E-state index contributed by atoms with van der Waals surface area (Å²) in [5.41, 5.74) is 1.28. The molecular weight excluding hydrogens is 306 g/mol. The first-order valence-corrected chi connectivity index (χ1v) is 7.48. The van der Waals surface area contributed by atoms with Gasteiger partial charge in [-0.3, -0.25) is 4.79 Å². The van der Waals surface area contributed by atoms with Crippen LogP contribution >= 0.6 is 15.9 Å². The molecule has 3 nitrogen and oxygen atoms in total. The smallest absolute Gasteiger partial charge is 0.226 e. The van der Waals surface area contributed by atoms with Gasteiger partial charge in [0.2, 0.25) is 5.91 Å². The van der Waals surface area contributed by atoms with Gasteiger partial charge in [0.05, 0.1) is 11.4 Å². The second kappa shape index (κ2) is 6.53. The zero-order chi connectivity index (χ0) is 13.8. The summed E-state index contributed by atoms with van der Waals surface area (Å²) in [5.74, 6) is 0.816. The molecule has 104 valence electrons. The minimum atomic E-state index is 0.162. The van der Waals surface area contributed by atoms with E-state index >= 15 is 0 Å². The molecule has 1 aromatic carbocycles. The summed E-state index contributed by atoms with van der Waals surface area (Å²) in [6.45, 7) is 1.30. The maximum absolute atomic E-state index is 12.3. The quantitative estimate of drug-likeness (QED) is 0.752. The van der Waals surface area contributed by atoms with Crippen LogP contribution in [0.15, 0.2) is 30.3 Å². The van der Waals surface area contributed by atoms with Crippen molar-refractivity contribution < 1.29 is 9.53 Å². The maximum atomic E-state index is 12.3. The molecule has 4 heteroatoms. The summed E-state index contributed by atoms with van der Waals surface area (Å²) in [6.07, 6.45) is 0.977. The number of alkyl halides is 1. The number of carbonyl (C=O) groups excluding carboxylic acids is 1. The Morgan fingerprint density at radius 3 is 2.79 bits per heavy atom. The minimum absolute atomic E-state index is 0.162. The van der Waals surface area contributed by atoms with Crippen LogP contribution in [-0.4, -0.2) is 42.9 Å². The molecular formula is C15H20BrNO2. The number of halogens is 1. The summed E-state index contributed by atoms with van der Waals surface area (Å²) in [5, 5.41) is 0. The molecule has 0 heterocycles. The average Bonchev–Trinajstić information content (AvgIpc) is 3.19. The summed E-state index contributed by atoms with van der Waals surface area (Å²) >= 11 is 3.52. The Kier molecular flexibility index (Phi) is 4.99. The first kappa shape index (κ1) is 14.5. The molecule has 0 aliphatic heterocycles. The molecule has 1 aliphatic carbocycles. The summed E-state index contributed by atoms with van der Waals surface area (Å²) in [4.78, 5) is 14.3. The monoisotopic (exact) mass is 325 g/mol. The normalized spacial score (nSPS) is 22.9. The molecule has 0 N–H and O–H groups in total. The van der Waals surface area contributed by atoms with Gasteiger partial charge in [0.25, 0.3) is 0 Å². The summed E-state index contributed by atoms with van der Waals surface area (Å²) < 4.78 is 5.07. The zero-order valence-corrected chi connectivity index (χ0v) is 13.0. The first-order chi connectivity index (χ1) is 9.13. The van der Waals surface area contributed by atoms with E-state index in [2.05, 4.69) is 28.1 Å². The van der Waals surface area contributed by atoms with Gasteiger partial charge in [-0.25, -0.2) is 0 Å². The molecule has 1 aliphatic rings. The highest BCUT2D eigenvalue weighted by Crippen LogP contribution is 2.48. The fraction of sp³-hybridized carbons (Fsp3) is 0.533. The Balaban J connectivity index is 1.85. The van der Waals surface area contributed by atoms with Crippen LogP contribution in [0.3, 0.4) is 0 Å². The number of hydrogen-bond acceptors (Lipinski definition) is 2. The summed E-state index contributed by atoms with van der Waals surface area (Å²) in [6, 6.07) is 10.3. The van der Waals surface area contributed by atoms with E-state index in [0.29, 0.717) is 19.1 Å². The topological polar surface area (TPSA) is 29.5 Å². The van der Waals surface area contributed by atoms with Gasteiger partial charge in [-0.2, -0.15) is 0 Å². The van der Waals surface area contributed by atoms with E-state index in [0.717, 1.165) is 6.42 Å². The molecule has 19 heavy (non-hydrogen) atoms. The fourth-order valence-corrected chi connectivity index (χ4v) is 3.14. The van der Waals surface area contributed by atoms with Crippen LogP contribution in [0.25, 0.3) is 0 Å². The molecule has 0 saturated heterocycles. The maximum Gasteiger partial charge on any atom is 0.226 e. The second-order valence-corrected chi connectivity index (χ2v) is 6.43. The predicted molar refractivity (Wildman–Crippen MR) is 79.5 cm³/mol. The molecule has 3 atom stereocenters. The SMILES string of the molecule is COCC(Br)CN(C)C(=O)C1CC1c1ccccc1. The standard InChI is InChI=1S/C15H20BrNO2/c1-17(9-12(16)10-19-2)15(18)14-8-13(14)11-6-4-3-5-7-11/h3-7,12-14H,8-10H2,1-2H3. The van der Waals surface area contributed by atoms with Crippen LogP contribution in [0.5, 0.6) is 0 Å². The van der Waals surface area contributed by atoms with E-state index in [1.165, 1.54) is 5.56 Å². The molecule has 2 rings (SSSR count). The molecule has 1 aromatic rings. The third-order valence-corrected chi connectivity index (χ3v) is 4.08. The Morgan fingerprint density at radius 1 is 1.47 bits per heavy atom. The molecule has 3 unspecified atom stereocenters. The van der Waals surface area contributed by atoms with Gasteiger partial charge in [-0.15, -0.1) is 0 Å². The van der Waals surface area contributed by atoms with Crippen molar-refractivity contribution in [1.82, 2.24) is 4.90 Å². The van der Waals surface area contributed by atoms with Crippen LogP contribution in [0, 0.1) is 5.92 Å². The van der Waals surface area contributed by atoms with Crippen LogP contribution in [0.4, 0.5) is 0 Å². The second-order valence-electron chi connectivity index (χ2n) is 5.13. The lowest BCUT2D eigenvalue weighted by molar-refractivity contribution is -0.131. The molecule has 0 bridgehead atoms. The Bertz CT molecular complexity index is 423. The van der Waals surface area contributed by atoms with E-state index in [1.54, 1.807) is 7.11 Å². The number of methoxy groups -OCH3 is 1. The van der Waals surface area contributed by atoms with Gasteiger partial charge in [0.15, 0.2) is 0 Å². The van der Waals surface area contributed by atoms with Crippen molar-refractivity contribution in [2.75, 3.05) is 27.3 Å². The van der Waals surface area contributed by atoms with Gasteiger partial charge >= 0.3 is 0 Å². The van der Waals surface area contributed by atoms with Gasteiger partial charge < -0.3 is 9.64 Å². The highest BCUT2D eigenvalue weighted by molar-refractivity contribution is 9.09. The van der Waals surface area contributed by atoms with Crippen molar-refractivity contribution in [3.8, 4) is 0 Å². The molecule has 1 saturated carbocycles. The highest BCUT2D eigenvalue weighted by Gasteiger charge is 2.45. The lowest BCUT2D eigenvalue weighted by atomic mass is 10.1. The lowest BCUT2D eigenvalue weighted by Gasteiger charge is -2.20. The van der Waals surface area contributed by atoms with Crippen LogP contribution in [-0.2, 0) is 9.53 Å². The Hall–Kier alpha value is -0.870. The number of benzene rings is 1. The number of rotatable bonds is 6. The van der Waals surface area contributed by atoms with Crippen molar-refractivity contribution in [2.45, 2.75) is 17.2 Å². The van der Waals surface area contributed by atoms with Gasteiger partial charge in [-0.1, -0.05) is 46.3 Å². The van der Waals surface area contributed by atoms with Crippen molar-refractivity contribution >= 4 is 21.8 Å². The van der Waals surface area contributed by atoms with Crippen molar-refractivity contribution in [3.63, 3.8) is 0 Å². The third kappa shape index (κ3) is 3.80. The number of amides is 1. The van der Waals surface area contributed by atoms with Crippen molar-refractivity contribution in [3.05, 3.63) is 35.9 Å². The fourth-order valence-electron chi connectivity index (χ4n) is 2.44. The third-order valence-electron chi connectivity index (χ3n) is 3.53. The van der Waals surface area contributed by atoms with E-state index in [1.807, 2.05) is 30.1 Å². The Labute approximate surface area is 123 Å². The van der Waals surface area contributed by atoms with Gasteiger partial charge in [-0.05, 0) is 17.9 Å². The lowest BCUT2D eigenvalue weighted by Crippen LogP contribution is -2.34. The van der Waals surface area contributed by atoms with Crippen molar-refractivity contribution in [2.24, 2.45) is 5.92 Å². The predicted octanol–water partition coefficient (Wildman–Crippen LogP) is 2.66. The zero-order valence-electron chi connectivity index (χ0n) is 11.4. The van der Waals surface area contributed by atoms with Crippen LogP contribution < -0.4 is 0 Å². The highest BCUT2D eigenvalue weighted by atomic mass is 79.9. The van der Waals surface area contributed by atoms with E-state index in [4.69, 9.17) is 4.74 Å². The largest absolute Gasteiger partial charge is 0.383 e. The molecule has 0 aromatic heterocycles. The van der Waals surface area contributed by atoms with Crippen molar-refractivity contribution in [1.29, 1.82) is 0 Å².